The highest BCUT2D eigenvalue weighted by Gasteiger charge is 2.29. The third-order valence-corrected chi connectivity index (χ3v) is 4.79. The molecule has 0 unspecified atom stereocenters. The van der Waals surface area contributed by atoms with Crippen LogP contribution in [-0.2, 0) is 24.7 Å². The highest BCUT2D eigenvalue weighted by atomic mass is 14.3. The Balaban J connectivity index is 2.35. The number of fused-ring (bicyclic) bond motifs is 3. The first-order chi connectivity index (χ1) is 9.97. The van der Waals surface area contributed by atoms with Gasteiger partial charge in [-0.2, -0.15) is 0 Å². The molecule has 0 heterocycles. The maximum Gasteiger partial charge on any atom is -0.00104 e. The molecule has 0 nitrogen and oxygen atoms in total. The average Bonchev–Trinajstić information content (AvgIpc) is 2.81. The molecule has 3 rings (SSSR count). The average molecular weight is 278 g/mol. The molecule has 0 bridgehead atoms. The van der Waals surface area contributed by atoms with Gasteiger partial charge in [0.25, 0.3) is 0 Å². The molecular formula is C21H26. The SMILES string of the molecule is CCc1cc2c(c(C(C)(C)C)c1CC)Cc1ccccc1-2. The molecule has 0 atom stereocenters. The van der Waals surface area contributed by atoms with Gasteiger partial charge in [-0.15, -0.1) is 0 Å². The molecule has 2 aromatic rings. The van der Waals surface area contributed by atoms with E-state index in [4.69, 9.17) is 0 Å². The molecule has 0 spiro atoms. The highest BCUT2D eigenvalue weighted by molar-refractivity contribution is 5.80. The van der Waals surface area contributed by atoms with Gasteiger partial charge in [-0.1, -0.05) is 65.0 Å². The first-order valence-corrected chi connectivity index (χ1v) is 8.23. The van der Waals surface area contributed by atoms with Gasteiger partial charge < -0.3 is 0 Å². The summed E-state index contributed by atoms with van der Waals surface area (Å²) in [6, 6.07) is 11.4. The van der Waals surface area contributed by atoms with Crippen LogP contribution in [0.25, 0.3) is 11.1 Å². The fourth-order valence-corrected chi connectivity index (χ4v) is 4.00. The fraction of sp³-hybridized carbons (Fsp3) is 0.429. The standard InChI is InChI=1S/C21H26/c1-6-14-12-18-17-11-9-8-10-15(17)13-19(18)20(16(14)7-2)21(3,4)5/h8-12H,6-7,13H2,1-5H3. The van der Waals surface area contributed by atoms with Crippen LogP contribution in [0.5, 0.6) is 0 Å². The van der Waals surface area contributed by atoms with E-state index in [0.717, 1.165) is 19.3 Å². The van der Waals surface area contributed by atoms with Gasteiger partial charge in [-0.25, -0.2) is 0 Å². The lowest BCUT2D eigenvalue weighted by Crippen LogP contribution is -2.18. The van der Waals surface area contributed by atoms with Gasteiger partial charge in [0.05, 0.1) is 0 Å². The summed E-state index contributed by atoms with van der Waals surface area (Å²) in [5, 5.41) is 0. The van der Waals surface area contributed by atoms with Gasteiger partial charge in [0.1, 0.15) is 0 Å². The first-order valence-electron chi connectivity index (χ1n) is 8.23. The molecule has 0 N–H and O–H groups in total. The van der Waals surface area contributed by atoms with Crippen LogP contribution in [-0.4, -0.2) is 0 Å². The van der Waals surface area contributed by atoms with Gasteiger partial charge >= 0.3 is 0 Å². The zero-order valence-electron chi connectivity index (χ0n) is 14.0. The summed E-state index contributed by atoms with van der Waals surface area (Å²) in [4.78, 5) is 0. The van der Waals surface area contributed by atoms with Gasteiger partial charge in [-0.3, -0.25) is 0 Å². The summed E-state index contributed by atoms with van der Waals surface area (Å²) in [5.41, 5.74) is 11.0. The first kappa shape index (κ1) is 14.4. The quantitative estimate of drug-likeness (QED) is 0.565. The van der Waals surface area contributed by atoms with Crippen LogP contribution in [0, 0.1) is 0 Å². The monoisotopic (exact) mass is 278 g/mol. The molecule has 0 radical (unpaired) electrons. The van der Waals surface area contributed by atoms with Crippen molar-refractivity contribution in [3.8, 4) is 11.1 Å². The van der Waals surface area contributed by atoms with E-state index >= 15 is 0 Å². The van der Waals surface area contributed by atoms with Crippen molar-refractivity contribution in [1.82, 2.24) is 0 Å². The molecule has 1 aliphatic rings. The van der Waals surface area contributed by atoms with E-state index in [-0.39, 0.29) is 5.41 Å². The molecule has 2 aromatic carbocycles. The maximum absolute atomic E-state index is 2.47. The summed E-state index contributed by atoms with van der Waals surface area (Å²) in [5.74, 6) is 0. The minimum absolute atomic E-state index is 0.211. The van der Waals surface area contributed by atoms with E-state index in [0.29, 0.717) is 0 Å². The van der Waals surface area contributed by atoms with Crippen molar-refractivity contribution in [3.05, 3.63) is 58.1 Å². The molecule has 21 heavy (non-hydrogen) atoms. The molecular weight excluding hydrogens is 252 g/mol. The number of aryl methyl sites for hydroxylation is 1. The summed E-state index contributed by atoms with van der Waals surface area (Å²) in [6.45, 7) is 11.7. The van der Waals surface area contributed by atoms with Crippen molar-refractivity contribution in [1.29, 1.82) is 0 Å². The zero-order chi connectivity index (χ0) is 15.2. The zero-order valence-corrected chi connectivity index (χ0v) is 14.0. The van der Waals surface area contributed by atoms with Crippen LogP contribution in [0.1, 0.15) is 62.4 Å². The lowest BCUT2D eigenvalue weighted by Gasteiger charge is -2.28. The second-order valence-corrected chi connectivity index (χ2v) is 7.21. The normalized spacial score (nSPS) is 13.2. The Morgan fingerprint density at radius 2 is 1.67 bits per heavy atom. The van der Waals surface area contributed by atoms with Crippen molar-refractivity contribution in [3.63, 3.8) is 0 Å². The molecule has 0 aliphatic heterocycles. The Kier molecular flexibility index (Phi) is 3.43. The fourth-order valence-electron chi connectivity index (χ4n) is 4.00. The molecule has 0 heteroatoms. The van der Waals surface area contributed by atoms with Crippen LogP contribution in [0.4, 0.5) is 0 Å². The summed E-state index contributed by atoms with van der Waals surface area (Å²) < 4.78 is 0. The minimum Gasteiger partial charge on any atom is -0.0619 e. The number of benzene rings is 2. The molecule has 0 amide bonds. The molecule has 0 fully saturated rings. The van der Waals surface area contributed by atoms with E-state index < -0.39 is 0 Å². The molecule has 1 aliphatic carbocycles. The van der Waals surface area contributed by atoms with E-state index in [2.05, 4.69) is 65.0 Å². The molecule has 0 saturated heterocycles. The van der Waals surface area contributed by atoms with Crippen LogP contribution in [0.2, 0.25) is 0 Å². The maximum atomic E-state index is 2.47. The third kappa shape index (κ3) is 2.21. The highest BCUT2D eigenvalue weighted by Crippen LogP contribution is 2.44. The number of hydrogen-bond acceptors (Lipinski definition) is 0. The minimum atomic E-state index is 0.211. The predicted molar refractivity (Wildman–Crippen MR) is 92.1 cm³/mol. The van der Waals surface area contributed by atoms with Crippen LogP contribution < -0.4 is 0 Å². The van der Waals surface area contributed by atoms with E-state index in [1.165, 1.54) is 22.3 Å². The van der Waals surface area contributed by atoms with E-state index in [1.807, 2.05) is 0 Å². The van der Waals surface area contributed by atoms with Gasteiger partial charge in [-0.05, 0) is 63.6 Å². The van der Waals surface area contributed by atoms with E-state index in [1.54, 1.807) is 16.7 Å². The topological polar surface area (TPSA) is 0 Å². The Labute approximate surface area is 129 Å². The van der Waals surface area contributed by atoms with Gasteiger partial charge in [0.2, 0.25) is 0 Å². The Morgan fingerprint density at radius 3 is 2.29 bits per heavy atom. The van der Waals surface area contributed by atoms with Crippen molar-refractivity contribution < 1.29 is 0 Å². The van der Waals surface area contributed by atoms with Crippen LogP contribution >= 0.6 is 0 Å². The Bertz CT molecular complexity index is 684. The van der Waals surface area contributed by atoms with Crippen LogP contribution in [0.15, 0.2) is 30.3 Å². The van der Waals surface area contributed by atoms with Crippen molar-refractivity contribution in [2.75, 3.05) is 0 Å². The van der Waals surface area contributed by atoms with E-state index in [9.17, 15) is 0 Å². The largest absolute Gasteiger partial charge is 0.0619 e. The van der Waals surface area contributed by atoms with Crippen LogP contribution in [0.3, 0.4) is 0 Å². The molecule has 0 saturated carbocycles. The van der Waals surface area contributed by atoms with Crippen molar-refractivity contribution >= 4 is 0 Å². The smallest absolute Gasteiger partial charge is 0.00104 e. The number of rotatable bonds is 2. The Hall–Kier alpha value is -1.56. The molecule has 0 aromatic heterocycles. The van der Waals surface area contributed by atoms with Gasteiger partial charge in [0, 0.05) is 0 Å². The van der Waals surface area contributed by atoms with Crippen molar-refractivity contribution in [2.24, 2.45) is 0 Å². The molecule has 110 valence electrons. The summed E-state index contributed by atoms with van der Waals surface area (Å²) >= 11 is 0. The van der Waals surface area contributed by atoms with Gasteiger partial charge in [0.15, 0.2) is 0 Å². The third-order valence-electron chi connectivity index (χ3n) is 4.79. The van der Waals surface area contributed by atoms with Crippen molar-refractivity contribution in [2.45, 2.75) is 59.3 Å². The summed E-state index contributed by atoms with van der Waals surface area (Å²) in [6.07, 6.45) is 3.37. The predicted octanol–water partition coefficient (Wildman–Crippen LogP) is 5.68. The second-order valence-electron chi connectivity index (χ2n) is 7.21. The lowest BCUT2D eigenvalue weighted by molar-refractivity contribution is 0.576. The second kappa shape index (κ2) is 5.02. The lowest BCUT2D eigenvalue weighted by atomic mass is 9.76. The Morgan fingerprint density at radius 1 is 0.952 bits per heavy atom. The number of hydrogen-bond donors (Lipinski definition) is 0. The summed E-state index contributed by atoms with van der Waals surface area (Å²) in [7, 11) is 0.